The van der Waals surface area contributed by atoms with Gasteiger partial charge in [-0.25, -0.2) is 0 Å². The number of aryl methyl sites for hydroxylation is 2. The Labute approximate surface area is 181 Å². The van der Waals surface area contributed by atoms with Gasteiger partial charge in [0.25, 0.3) is 5.91 Å². The quantitative estimate of drug-likeness (QED) is 0.322. The zero-order valence-electron chi connectivity index (χ0n) is 16.9. The standard InChI is InChI=1S/C23H25NO3S2/c1-4-24-22(25)21(29-23(24)28)15-18-7-5-8-19(14-18)26-11-6-12-27-20-10-9-16(2)13-17(20)3/h5,7-10,13-15H,4,6,11-12H2,1-3H3/b21-15-. The van der Waals surface area contributed by atoms with Crippen LogP contribution in [0, 0.1) is 13.8 Å². The lowest BCUT2D eigenvalue weighted by molar-refractivity contribution is -0.121. The third-order valence-corrected chi connectivity index (χ3v) is 5.87. The lowest BCUT2D eigenvalue weighted by Gasteiger charge is -2.11. The van der Waals surface area contributed by atoms with Crippen molar-refractivity contribution >= 4 is 40.3 Å². The first-order chi connectivity index (χ1) is 14.0. The number of hydrogen-bond acceptors (Lipinski definition) is 5. The van der Waals surface area contributed by atoms with Crippen LogP contribution in [0.3, 0.4) is 0 Å². The first-order valence-corrected chi connectivity index (χ1v) is 10.9. The van der Waals surface area contributed by atoms with E-state index < -0.39 is 0 Å². The highest BCUT2D eigenvalue weighted by Crippen LogP contribution is 2.32. The summed E-state index contributed by atoms with van der Waals surface area (Å²) in [5, 5.41) is 0. The summed E-state index contributed by atoms with van der Waals surface area (Å²) >= 11 is 6.60. The molecule has 29 heavy (non-hydrogen) atoms. The van der Waals surface area contributed by atoms with Gasteiger partial charge in [-0.3, -0.25) is 9.69 Å². The number of amides is 1. The van der Waals surface area contributed by atoms with Crippen LogP contribution in [-0.2, 0) is 4.79 Å². The molecule has 0 aliphatic carbocycles. The van der Waals surface area contributed by atoms with Gasteiger partial charge in [-0.1, -0.05) is 53.8 Å². The van der Waals surface area contributed by atoms with E-state index in [9.17, 15) is 4.79 Å². The van der Waals surface area contributed by atoms with Gasteiger partial charge in [-0.05, 0) is 56.2 Å². The summed E-state index contributed by atoms with van der Waals surface area (Å²) in [6, 6.07) is 13.9. The van der Waals surface area contributed by atoms with E-state index in [1.807, 2.05) is 43.3 Å². The van der Waals surface area contributed by atoms with Gasteiger partial charge in [0.05, 0.1) is 18.1 Å². The van der Waals surface area contributed by atoms with Crippen LogP contribution in [-0.4, -0.2) is 34.9 Å². The second-order valence-corrected chi connectivity index (χ2v) is 8.49. The topological polar surface area (TPSA) is 38.8 Å². The molecule has 1 fully saturated rings. The molecule has 1 saturated heterocycles. The zero-order chi connectivity index (χ0) is 20.8. The van der Waals surface area contributed by atoms with Crippen LogP contribution < -0.4 is 9.47 Å². The molecule has 1 aliphatic rings. The van der Waals surface area contributed by atoms with Crippen molar-refractivity contribution < 1.29 is 14.3 Å². The SMILES string of the molecule is CCN1C(=O)/C(=C/c2cccc(OCCCOc3ccc(C)cc3C)c2)SC1=S. The van der Waals surface area contributed by atoms with Gasteiger partial charge < -0.3 is 9.47 Å². The first-order valence-electron chi connectivity index (χ1n) is 9.66. The summed E-state index contributed by atoms with van der Waals surface area (Å²) in [4.78, 5) is 14.6. The number of hydrogen-bond donors (Lipinski definition) is 0. The molecule has 0 atom stereocenters. The molecule has 0 unspecified atom stereocenters. The van der Waals surface area contributed by atoms with E-state index in [1.54, 1.807) is 4.90 Å². The van der Waals surface area contributed by atoms with Crippen molar-refractivity contribution in [3.05, 3.63) is 64.1 Å². The molecule has 152 valence electrons. The fourth-order valence-electron chi connectivity index (χ4n) is 3.01. The number of likely N-dealkylation sites (N-methyl/N-ethyl adjacent to an activating group) is 1. The number of carbonyl (C=O) groups is 1. The predicted octanol–water partition coefficient (Wildman–Crippen LogP) is 5.37. The fraction of sp³-hybridized carbons (Fsp3) is 0.304. The lowest BCUT2D eigenvalue weighted by atomic mass is 10.1. The van der Waals surface area contributed by atoms with Crippen LogP contribution in [0.15, 0.2) is 47.4 Å². The van der Waals surface area contributed by atoms with Gasteiger partial charge in [0.1, 0.15) is 15.8 Å². The molecule has 0 bridgehead atoms. The summed E-state index contributed by atoms with van der Waals surface area (Å²) in [5.41, 5.74) is 3.30. The maximum Gasteiger partial charge on any atom is 0.266 e. The molecule has 1 amide bonds. The number of benzene rings is 2. The van der Waals surface area contributed by atoms with Crippen LogP contribution in [0.5, 0.6) is 11.5 Å². The highest BCUT2D eigenvalue weighted by molar-refractivity contribution is 8.26. The van der Waals surface area contributed by atoms with Crippen LogP contribution in [0.4, 0.5) is 0 Å². The average Bonchev–Trinajstić information content (AvgIpc) is 2.96. The van der Waals surface area contributed by atoms with Crippen molar-refractivity contribution in [2.45, 2.75) is 27.2 Å². The van der Waals surface area contributed by atoms with Crippen LogP contribution in [0.1, 0.15) is 30.0 Å². The molecule has 2 aromatic carbocycles. The van der Waals surface area contributed by atoms with E-state index in [-0.39, 0.29) is 5.91 Å². The summed E-state index contributed by atoms with van der Waals surface area (Å²) in [6.07, 6.45) is 2.65. The smallest absolute Gasteiger partial charge is 0.266 e. The first kappa shape index (κ1) is 21.4. The third-order valence-electron chi connectivity index (χ3n) is 4.49. The van der Waals surface area contributed by atoms with Gasteiger partial charge in [0.2, 0.25) is 0 Å². The van der Waals surface area contributed by atoms with E-state index in [0.717, 1.165) is 29.0 Å². The van der Waals surface area contributed by atoms with Crippen LogP contribution in [0.2, 0.25) is 0 Å². The Kier molecular flexibility index (Phi) is 7.34. The van der Waals surface area contributed by atoms with Crippen molar-refractivity contribution in [3.63, 3.8) is 0 Å². The highest BCUT2D eigenvalue weighted by Gasteiger charge is 2.30. The van der Waals surface area contributed by atoms with Crippen molar-refractivity contribution in [1.29, 1.82) is 0 Å². The minimum absolute atomic E-state index is 0.0302. The number of carbonyl (C=O) groups excluding carboxylic acids is 1. The molecule has 1 heterocycles. The molecule has 0 spiro atoms. The Morgan fingerprint density at radius 1 is 1.10 bits per heavy atom. The number of ether oxygens (including phenoxy) is 2. The van der Waals surface area contributed by atoms with Crippen molar-refractivity contribution in [2.75, 3.05) is 19.8 Å². The van der Waals surface area contributed by atoms with E-state index in [0.29, 0.717) is 29.0 Å². The fourth-order valence-corrected chi connectivity index (χ4v) is 4.39. The van der Waals surface area contributed by atoms with Crippen molar-refractivity contribution in [1.82, 2.24) is 4.90 Å². The Morgan fingerprint density at radius 3 is 2.62 bits per heavy atom. The number of thioether (sulfide) groups is 1. The summed E-state index contributed by atoms with van der Waals surface area (Å²) in [5.74, 6) is 1.66. The van der Waals surface area contributed by atoms with Gasteiger partial charge in [-0.2, -0.15) is 0 Å². The minimum atomic E-state index is -0.0302. The molecule has 1 aliphatic heterocycles. The summed E-state index contributed by atoms with van der Waals surface area (Å²) in [6.45, 7) is 7.80. The maximum absolute atomic E-state index is 12.3. The molecule has 0 aromatic heterocycles. The highest BCUT2D eigenvalue weighted by atomic mass is 32.2. The Balaban J connectivity index is 1.51. The molecule has 0 N–H and O–H groups in total. The second kappa shape index (κ2) is 9.94. The normalized spacial score (nSPS) is 15.3. The van der Waals surface area contributed by atoms with Crippen molar-refractivity contribution in [3.8, 4) is 11.5 Å². The Morgan fingerprint density at radius 2 is 1.90 bits per heavy atom. The number of rotatable bonds is 8. The van der Waals surface area contributed by atoms with E-state index in [1.165, 1.54) is 17.3 Å². The van der Waals surface area contributed by atoms with Gasteiger partial charge >= 0.3 is 0 Å². The third kappa shape index (κ3) is 5.61. The van der Waals surface area contributed by atoms with E-state index in [4.69, 9.17) is 21.7 Å². The Hall–Kier alpha value is -2.31. The van der Waals surface area contributed by atoms with E-state index >= 15 is 0 Å². The molecule has 4 nitrogen and oxygen atoms in total. The molecular weight excluding hydrogens is 402 g/mol. The number of nitrogens with zero attached hydrogens (tertiary/aromatic N) is 1. The molecule has 3 rings (SSSR count). The van der Waals surface area contributed by atoms with Crippen molar-refractivity contribution in [2.24, 2.45) is 0 Å². The zero-order valence-corrected chi connectivity index (χ0v) is 18.6. The van der Waals surface area contributed by atoms with Gasteiger partial charge in [0, 0.05) is 13.0 Å². The maximum atomic E-state index is 12.3. The largest absolute Gasteiger partial charge is 0.493 e. The number of thiocarbonyl (C=S) groups is 1. The van der Waals surface area contributed by atoms with E-state index in [2.05, 4.69) is 26.0 Å². The molecular formula is C23H25NO3S2. The van der Waals surface area contributed by atoms with Gasteiger partial charge in [-0.15, -0.1) is 0 Å². The monoisotopic (exact) mass is 427 g/mol. The Bertz CT molecular complexity index is 939. The minimum Gasteiger partial charge on any atom is -0.493 e. The lowest BCUT2D eigenvalue weighted by Crippen LogP contribution is -2.27. The van der Waals surface area contributed by atoms with Crippen LogP contribution in [0.25, 0.3) is 6.08 Å². The van der Waals surface area contributed by atoms with Gasteiger partial charge in [0.15, 0.2) is 0 Å². The average molecular weight is 428 g/mol. The summed E-state index contributed by atoms with van der Waals surface area (Å²) in [7, 11) is 0. The van der Waals surface area contributed by atoms with Crippen LogP contribution >= 0.6 is 24.0 Å². The molecule has 0 radical (unpaired) electrons. The second-order valence-electron chi connectivity index (χ2n) is 6.82. The molecule has 2 aromatic rings. The molecule has 6 heteroatoms. The molecule has 0 saturated carbocycles. The predicted molar refractivity (Wildman–Crippen MR) is 124 cm³/mol. The summed E-state index contributed by atoms with van der Waals surface area (Å²) < 4.78 is 12.3.